The van der Waals surface area contributed by atoms with E-state index in [4.69, 9.17) is 0 Å². The fourth-order valence-electron chi connectivity index (χ4n) is 1.91. The number of phenolic OH excluding ortho intramolecular Hbond substituents is 1. The first-order chi connectivity index (χ1) is 8.92. The quantitative estimate of drug-likeness (QED) is 0.367. The molecule has 0 bridgehead atoms. The zero-order chi connectivity index (χ0) is 14.6. The third kappa shape index (κ3) is 3.51. The Balaban J connectivity index is 3.45. The van der Waals surface area contributed by atoms with Gasteiger partial charge in [0.25, 0.3) is 0 Å². The molecule has 1 rings (SSSR count). The zero-order valence-electron chi connectivity index (χ0n) is 11.7. The number of aromatic hydroxyl groups is 1. The van der Waals surface area contributed by atoms with E-state index < -0.39 is 0 Å². The van der Waals surface area contributed by atoms with Gasteiger partial charge >= 0.3 is 0 Å². The summed E-state index contributed by atoms with van der Waals surface area (Å²) in [5.74, 6) is -0.215. The van der Waals surface area contributed by atoms with Crippen molar-refractivity contribution in [2.75, 3.05) is 0 Å². The maximum absolute atomic E-state index is 11.9. The lowest BCUT2D eigenvalue weighted by atomic mass is 9.95. The summed E-state index contributed by atoms with van der Waals surface area (Å²) in [7, 11) is 0. The minimum absolute atomic E-state index is 0.0340. The highest BCUT2D eigenvalue weighted by Gasteiger charge is 2.18. The number of phenols is 1. The van der Waals surface area contributed by atoms with Gasteiger partial charge in [0.2, 0.25) is 0 Å². The van der Waals surface area contributed by atoms with Crippen LogP contribution in [0.15, 0.2) is 35.3 Å². The second-order valence-corrected chi connectivity index (χ2v) is 5.15. The van der Waals surface area contributed by atoms with Crippen LogP contribution in [0.2, 0.25) is 0 Å². The summed E-state index contributed by atoms with van der Waals surface area (Å²) in [6.45, 7) is 9.41. The molecule has 2 nitrogen and oxygen atoms in total. The number of allylic oxidation sites excluding steroid dienone is 3. The molecule has 0 aliphatic carbocycles. The molecule has 0 spiro atoms. The first-order valence-corrected chi connectivity index (χ1v) is 6.73. The van der Waals surface area contributed by atoms with Crippen LogP contribution in [0.25, 0.3) is 0 Å². The SMILES string of the molecule is C=CC(=O)c1c(CC)cc(S)c(CC=C(C)C)c1O. The summed E-state index contributed by atoms with van der Waals surface area (Å²) >= 11 is 4.41. The maximum Gasteiger partial charge on any atom is 0.189 e. The van der Waals surface area contributed by atoms with Gasteiger partial charge in [-0.1, -0.05) is 25.2 Å². The molecule has 102 valence electrons. The number of carbonyl (C=O) groups is 1. The number of hydrogen-bond donors (Lipinski definition) is 2. The molecule has 0 radical (unpaired) electrons. The van der Waals surface area contributed by atoms with Crippen molar-refractivity contribution < 1.29 is 9.90 Å². The lowest BCUT2D eigenvalue weighted by Gasteiger charge is -2.14. The largest absolute Gasteiger partial charge is 0.507 e. The van der Waals surface area contributed by atoms with E-state index in [9.17, 15) is 9.90 Å². The standard InChI is InChI=1S/C16H20O2S/c1-5-11-9-14(19)12(8-7-10(3)4)16(18)15(11)13(17)6-2/h6-7,9,18-19H,2,5,8H2,1,3-4H3. The van der Waals surface area contributed by atoms with Gasteiger partial charge in [0.15, 0.2) is 5.78 Å². The van der Waals surface area contributed by atoms with Crippen LogP contribution in [0.1, 0.15) is 42.3 Å². The number of thiol groups is 1. The molecule has 0 atom stereocenters. The lowest BCUT2D eigenvalue weighted by Crippen LogP contribution is -2.04. The van der Waals surface area contributed by atoms with Gasteiger partial charge in [0.1, 0.15) is 5.75 Å². The van der Waals surface area contributed by atoms with Crippen molar-refractivity contribution in [2.45, 2.75) is 38.5 Å². The van der Waals surface area contributed by atoms with E-state index in [0.717, 1.165) is 11.1 Å². The Kier molecular flexibility index (Phi) is 5.43. The predicted octanol–water partition coefficient (Wildman–Crippen LogP) is 4.12. The fraction of sp³-hybridized carbons (Fsp3) is 0.312. The average Bonchev–Trinajstić information content (AvgIpc) is 2.36. The molecular weight excluding hydrogens is 256 g/mol. The summed E-state index contributed by atoms with van der Waals surface area (Å²) in [4.78, 5) is 12.6. The monoisotopic (exact) mass is 276 g/mol. The van der Waals surface area contributed by atoms with Gasteiger partial charge in [-0.25, -0.2) is 0 Å². The van der Waals surface area contributed by atoms with Crippen molar-refractivity contribution in [3.05, 3.63) is 47.1 Å². The van der Waals surface area contributed by atoms with Gasteiger partial charge < -0.3 is 5.11 Å². The molecule has 0 heterocycles. The summed E-state index contributed by atoms with van der Waals surface area (Å²) in [6.07, 6.45) is 4.47. The van der Waals surface area contributed by atoms with E-state index in [-0.39, 0.29) is 11.5 Å². The molecule has 0 amide bonds. The Hall–Kier alpha value is -1.48. The normalized spacial score (nSPS) is 10.1. The van der Waals surface area contributed by atoms with Crippen LogP contribution in [0, 0.1) is 0 Å². The van der Waals surface area contributed by atoms with Gasteiger partial charge in [-0.05, 0) is 44.4 Å². The van der Waals surface area contributed by atoms with E-state index >= 15 is 0 Å². The highest BCUT2D eigenvalue weighted by Crippen LogP contribution is 2.33. The first kappa shape index (κ1) is 15.6. The molecule has 19 heavy (non-hydrogen) atoms. The van der Waals surface area contributed by atoms with Crippen LogP contribution < -0.4 is 0 Å². The second kappa shape index (κ2) is 6.62. The van der Waals surface area contributed by atoms with Crippen molar-refractivity contribution in [1.82, 2.24) is 0 Å². The van der Waals surface area contributed by atoms with Gasteiger partial charge in [0.05, 0.1) is 5.56 Å². The molecule has 0 aromatic heterocycles. The molecule has 0 aliphatic heterocycles. The van der Waals surface area contributed by atoms with Gasteiger partial charge in [-0.15, -0.1) is 12.6 Å². The molecule has 0 aliphatic rings. The van der Waals surface area contributed by atoms with E-state index in [1.54, 1.807) is 0 Å². The summed E-state index contributed by atoms with van der Waals surface area (Å²) < 4.78 is 0. The van der Waals surface area contributed by atoms with E-state index in [0.29, 0.717) is 28.9 Å². The van der Waals surface area contributed by atoms with E-state index in [1.165, 1.54) is 6.08 Å². The Morgan fingerprint density at radius 2 is 2.11 bits per heavy atom. The molecular formula is C16H20O2S. The topological polar surface area (TPSA) is 37.3 Å². The van der Waals surface area contributed by atoms with Crippen LogP contribution >= 0.6 is 12.6 Å². The minimum atomic E-state index is -0.249. The molecule has 0 saturated carbocycles. The number of rotatable bonds is 5. The molecule has 0 saturated heterocycles. The van der Waals surface area contributed by atoms with Crippen molar-refractivity contribution >= 4 is 18.4 Å². The van der Waals surface area contributed by atoms with Gasteiger partial charge in [0, 0.05) is 10.5 Å². The van der Waals surface area contributed by atoms with Crippen molar-refractivity contribution in [1.29, 1.82) is 0 Å². The average molecular weight is 276 g/mol. The Bertz CT molecular complexity index is 538. The van der Waals surface area contributed by atoms with Crippen LogP contribution in [0.3, 0.4) is 0 Å². The number of hydrogen-bond acceptors (Lipinski definition) is 3. The molecule has 1 aromatic rings. The predicted molar refractivity (Wildman–Crippen MR) is 82.4 cm³/mol. The molecule has 3 heteroatoms. The van der Waals surface area contributed by atoms with Crippen LogP contribution in [-0.2, 0) is 12.8 Å². The number of aryl methyl sites for hydroxylation is 1. The van der Waals surface area contributed by atoms with Gasteiger partial charge in [-0.3, -0.25) is 4.79 Å². The van der Waals surface area contributed by atoms with E-state index in [2.05, 4.69) is 19.2 Å². The third-order valence-electron chi connectivity index (χ3n) is 2.99. The van der Waals surface area contributed by atoms with Gasteiger partial charge in [-0.2, -0.15) is 0 Å². The third-order valence-corrected chi connectivity index (χ3v) is 3.39. The fourth-order valence-corrected chi connectivity index (χ4v) is 2.26. The van der Waals surface area contributed by atoms with Crippen LogP contribution in [-0.4, -0.2) is 10.9 Å². The molecule has 0 unspecified atom stereocenters. The summed E-state index contributed by atoms with van der Waals surface area (Å²) in [5.41, 5.74) is 3.00. The summed E-state index contributed by atoms with van der Waals surface area (Å²) in [6, 6.07) is 1.85. The molecule has 0 fully saturated rings. The molecule has 1 aromatic carbocycles. The molecule has 1 N–H and O–H groups in total. The highest BCUT2D eigenvalue weighted by molar-refractivity contribution is 7.80. The van der Waals surface area contributed by atoms with Crippen molar-refractivity contribution in [2.24, 2.45) is 0 Å². The minimum Gasteiger partial charge on any atom is -0.507 e. The highest BCUT2D eigenvalue weighted by atomic mass is 32.1. The number of ketones is 1. The first-order valence-electron chi connectivity index (χ1n) is 6.29. The zero-order valence-corrected chi connectivity index (χ0v) is 12.6. The Morgan fingerprint density at radius 3 is 2.58 bits per heavy atom. The smallest absolute Gasteiger partial charge is 0.189 e. The second-order valence-electron chi connectivity index (χ2n) is 4.66. The lowest BCUT2D eigenvalue weighted by molar-refractivity contribution is 0.104. The number of carbonyl (C=O) groups excluding carboxylic acids is 1. The maximum atomic E-state index is 11.9. The number of benzene rings is 1. The Labute approximate surface area is 120 Å². The Morgan fingerprint density at radius 1 is 1.47 bits per heavy atom. The van der Waals surface area contributed by atoms with Crippen LogP contribution in [0.4, 0.5) is 0 Å². The van der Waals surface area contributed by atoms with Crippen LogP contribution in [0.5, 0.6) is 5.75 Å². The van der Waals surface area contributed by atoms with E-state index in [1.807, 2.05) is 32.9 Å². The van der Waals surface area contributed by atoms with Crippen molar-refractivity contribution in [3.63, 3.8) is 0 Å². The summed E-state index contributed by atoms with van der Waals surface area (Å²) in [5, 5.41) is 10.3. The van der Waals surface area contributed by atoms with Crippen molar-refractivity contribution in [3.8, 4) is 5.75 Å².